The molecule has 3 aromatic heterocycles. The predicted molar refractivity (Wildman–Crippen MR) is 106 cm³/mol. The second-order valence-corrected chi connectivity index (χ2v) is 6.08. The lowest BCUT2D eigenvalue weighted by molar-refractivity contribution is 0.324. The van der Waals surface area contributed by atoms with E-state index >= 15 is 0 Å². The van der Waals surface area contributed by atoms with Gasteiger partial charge < -0.3 is 23.6 Å². The second-order valence-electron chi connectivity index (χ2n) is 6.08. The molecule has 0 spiro atoms. The van der Waals surface area contributed by atoms with Crippen LogP contribution in [-0.4, -0.2) is 36.3 Å². The zero-order chi connectivity index (χ0) is 20.5. The van der Waals surface area contributed by atoms with E-state index in [-0.39, 0.29) is 5.56 Å². The Morgan fingerprint density at radius 2 is 1.69 bits per heavy atom. The summed E-state index contributed by atoms with van der Waals surface area (Å²) in [5.41, 5.74) is 1.31. The summed E-state index contributed by atoms with van der Waals surface area (Å²) in [5, 5.41) is 0. The molecule has 0 atom stereocenters. The summed E-state index contributed by atoms with van der Waals surface area (Å²) in [6.07, 6.45) is 2.91. The Morgan fingerprint density at radius 3 is 2.31 bits per heavy atom. The minimum Gasteiger partial charge on any atom is -0.493 e. The molecule has 0 radical (unpaired) electrons. The number of hydrogen-bond acceptors (Lipinski definition) is 7. The van der Waals surface area contributed by atoms with Crippen LogP contribution in [0, 0.1) is 0 Å². The Balaban J connectivity index is 1.92. The molecular formula is C20H17N3O6. The van der Waals surface area contributed by atoms with E-state index in [1.165, 1.54) is 27.5 Å². The molecule has 0 bridgehead atoms. The fraction of sp³-hybridized carbons (Fsp3) is 0.150. The van der Waals surface area contributed by atoms with E-state index in [0.717, 1.165) is 0 Å². The van der Waals surface area contributed by atoms with Crippen molar-refractivity contribution in [3.8, 4) is 39.7 Å². The first kappa shape index (κ1) is 18.4. The molecule has 0 saturated heterocycles. The summed E-state index contributed by atoms with van der Waals surface area (Å²) in [7, 11) is 4.59. The zero-order valence-electron chi connectivity index (χ0n) is 15.9. The molecule has 0 amide bonds. The van der Waals surface area contributed by atoms with E-state index in [4.69, 9.17) is 18.6 Å². The van der Waals surface area contributed by atoms with E-state index in [0.29, 0.717) is 45.2 Å². The van der Waals surface area contributed by atoms with Gasteiger partial charge in [0, 0.05) is 29.6 Å². The first-order chi connectivity index (χ1) is 14.0. The number of nitrogens with zero attached hydrogens (tertiary/aromatic N) is 1. The molecule has 2 N–H and O–H groups in total. The average Bonchev–Trinajstić information content (AvgIpc) is 3.17. The molecule has 9 heteroatoms. The molecule has 1 aromatic carbocycles. The maximum absolute atomic E-state index is 12.2. The van der Waals surface area contributed by atoms with E-state index in [9.17, 15) is 9.59 Å². The predicted octanol–water partition coefficient (Wildman–Crippen LogP) is 2.56. The Hall–Kier alpha value is -4.01. The Morgan fingerprint density at radius 1 is 0.966 bits per heavy atom. The average molecular weight is 395 g/mol. The lowest BCUT2D eigenvalue weighted by Crippen LogP contribution is -2.22. The third-order valence-corrected chi connectivity index (χ3v) is 4.47. The van der Waals surface area contributed by atoms with Gasteiger partial charge in [0.05, 0.1) is 26.9 Å². The maximum Gasteiger partial charge on any atom is 0.325 e. The fourth-order valence-electron chi connectivity index (χ4n) is 3.13. The van der Waals surface area contributed by atoms with Gasteiger partial charge in [0.2, 0.25) is 5.75 Å². The van der Waals surface area contributed by atoms with E-state index < -0.39 is 11.2 Å². The number of furan rings is 1. The van der Waals surface area contributed by atoms with E-state index in [1.54, 1.807) is 30.5 Å². The molecule has 0 saturated carbocycles. The highest BCUT2D eigenvalue weighted by atomic mass is 16.5. The molecule has 0 fully saturated rings. The number of pyridine rings is 1. The van der Waals surface area contributed by atoms with E-state index in [1.807, 2.05) is 0 Å². The van der Waals surface area contributed by atoms with E-state index in [2.05, 4.69) is 15.0 Å². The van der Waals surface area contributed by atoms with Crippen LogP contribution in [-0.2, 0) is 0 Å². The number of benzene rings is 1. The minimum absolute atomic E-state index is 0.266. The molecule has 29 heavy (non-hydrogen) atoms. The number of rotatable bonds is 5. The van der Waals surface area contributed by atoms with Gasteiger partial charge in [0.15, 0.2) is 17.1 Å². The minimum atomic E-state index is -0.582. The van der Waals surface area contributed by atoms with Crippen molar-refractivity contribution in [3.05, 3.63) is 57.5 Å². The lowest BCUT2D eigenvalue weighted by Gasteiger charge is -2.13. The van der Waals surface area contributed by atoms with Gasteiger partial charge in [-0.3, -0.25) is 14.8 Å². The maximum atomic E-state index is 12.2. The van der Waals surface area contributed by atoms with Crippen LogP contribution >= 0.6 is 0 Å². The van der Waals surface area contributed by atoms with Crippen molar-refractivity contribution in [2.45, 2.75) is 0 Å². The standard InChI is InChI=1S/C20H17N3O6/c1-26-15-6-10(7-16(27-2)18(15)28-3)14-8-13-17(29-14)11(4-5-21-13)12-9-22-20(25)23-19(12)24/h4-9H,1-3H3,(H2,22,23,24,25). The molecule has 9 nitrogen and oxygen atoms in total. The molecular weight excluding hydrogens is 378 g/mol. The number of aromatic amines is 2. The number of nitrogens with one attached hydrogen (secondary N) is 2. The molecule has 0 aliphatic rings. The van der Waals surface area contributed by atoms with Crippen molar-refractivity contribution < 1.29 is 18.6 Å². The molecule has 4 aromatic rings. The van der Waals surface area contributed by atoms with Crippen molar-refractivity contribution >= 4 is 11.1 Å². The summed E-state index contributed by atoms with van der Waals surface area (Å²) in [5.74, 6) is 1.92. The van der Waals surface area contributed by atoms with Crippen molar-refractivity contribution in [1.29, 1.82) is 0 Å². The molecule has 148 valence electrons. The van der Waals surface area contributed by atoms with Gasteiger partial charge in [-0.2, -0.15) is 0 Å². The van der Waals surface area contributed by atoms with Crippen LogP contribution in [0.4, 0.5) is 0 Å². The third-order valence-electron chi connectivity index (χ3n) is 4.47. The molecule has 0 aliphatic heterocycles. The van der Waals surface area contributed by atoms with Gasteiger partial charge in [-0.05, 0) is 18.2 Å². The largest absolute Gasteiger partial charge is 0.493 e. The van der Waals surface area contributed by atoms with Crippen LogP contribution in [0.1, 0.15) is 0 Å². The number of H-pyrrole nitrogens is 2. The number of fused-ring (bicyclic) bond motifs is 1. The quantitative estimate of drug-likeness (QED) is 0.533. The highest BCUT2D eigenvalue weighted by Gasteiger charge is 2.18. The van der Waals surface area contributed by atoms with Gasteiger partial charge in [0.1, 0.15) is 11.3 Å². The van der Waals surface area contributed by atoms with Crippen molar-refractivity contribution in [1.82, 2.24) is 15.0 Å². The Labute approximate surface area is 163 Å². The van der Waals surface area contributed by atoms with Gasteiger partial charge in [-0.25, -0.2) is 4.79 Å². The highest BCUT2D eigenvalue weighted by molar-refractivity contribution is 5.92. The first-order valence-electron chi connectivity index (χ1n) is 8.57. The number of hydrogen-bond donors (Lipinski definition) is 2. The summed E-state index contributed by atoms with van der Waals surface area (Å²) < 4.78 is 22.2. The first-order valence-corrected chi connectivity index (χ1v) is 8.57. The SMILES string of the molecule is COc1cc(-c2cc3nccc(-c4c[nH]c(=O)[nH]c4=O)c3o2)cc(OC)c1OC. The highest BCUT2D eigenvalue weighted by Crippen LogP contribution is 2.42. The smallest absolute Gasteiger partial charge is 0.325 e. The van der Waals surface area contributed by atoms with Gasteiger partial charge in [0.25, 0.3) is 5.56 Å². The van der Waals surface area contributed by atoms with Crippen LogP contribution in [0.3, 0.4) is 0 Å². The normalized spacial score (nSPS) is 10.9. The van der Waals surface area contributed by atoms with Gasteiger partial charge in [-0.1, -0.05) is 0 Å². The summed E-state index contributed by atoms with van der Waals surface area (Å²) in [6.45, 7) is 0. The number of aromatic nitrogens is 3. The Kier molecular flexibility index (Phi) is 4.55. The second kappa shape index (κ2) is 7.19. The fourth-order valence-corrected chi connectivity index (χ4v) is 3.13. The van der Waals surface area contributed by atoms with Crippen LogP contribution in [0.25, 0.3) is 33.6 Å². The lowest BCUT2D eigenvalue weighted by atomic mass is 10.1. The van der Waals surface area contributed by atoms with Crippen LogP contribution < -0.4 is 25.5 Å². The molecule has 3 heterocycles. The number of ether oxygens (including phenoxy) is 3. The molecule has 0 aliphatic carbocycles. The van der Waals surface area contributed by atoms with Crippen molar-refractivity contribution in [2.24, 2.45) is 0 Å². The van der Waals surface area contributed by atoms with Crippen LogP contribution in [0.5, 0.6) is 17.2 Å². The van der Waals surface area contributed by atoms with Gasteiger partial charge >= 0.3 is 5.69 Å². The molecule has 0 unspecified atom stereocenters. The van der Waals surface area contributed by atoms with Crippen LogP contribution in [0.15, 0.2) is 50.7 Å². The monoisotopic (exact) mass is 395 g/mol. The summed E-state index contributed by atoms with van der Waals surface area (Å²) >= 11 is 0. The van der Waals surface area contributed by atoms with Crippen molar-refractivity contribution in [2.75, 3.05) is 21.3 Å². The number of methoxy groups -OCH3 is 3. The zero-order valence-corrected chi connectivity index (χ0v) is 15.9. The van der Waals surface area contributed by atoms with Crippen LogP contribution in [0.2, 0.25) is 0 Å². The third kappa shape index (κ3) is 3.12. The summed E-state index contributed by atoms with van der Waals surface area (Å²) in [6, 6.07) is 6.91. The van der Waals surface area contributed by atoms with Crippen molar-refractivity contribution in [3.63, 3.8) is 0 Å². The van der Waals surface area contributed by atoms with Gasteiger partial charge in [-0.15, -0.1) is 0 Å². The molecule has 4 rings (SSSR count). The Bertz CT molecular complexity index is 1290. The summed E-state index contributed by atoms with van der Waals surface area (Å²) in [4.78, 5) is 32.5. The topological polar surface area (TPSA) is 119 Å².